The predicted octanol–water partition coefficient (Wildman–Crippen LogP) is 3.83. The van der Waals surface area contributed by atoms with E-state index in [2.05, 4.69) is 12.2 Å². The fourth-order valence-corrected chi connectivity index (χ4v) is 2.24. The molecule has 1 N–H and O–H groups in total. The number of amides is 1. The quantitative estimate of drug-likeness (QED) is 0.741. The molecule has 0 heterocycles. The molecule has 0 spiro atoms. The molecular formula is C20H23NO4. The Labute approximate surface area is 148 Å². The molecule has 0 aliphatic rings. The molecular weight excluding hydrogens is 318 g/mol. The van der Waals surface area contributed by atoms with E-state index in [-0.39, 0.29) is 18.9 Å². The number of benzene rings is 2. The summed E-state index contributed by atoms with van der Waals surface area (Å²) in [5, 5.41) is 2.76. The van der Waals surface area contributed by atoms with E-state index < -0.39 is 5.97 Å². The summed E-state index contributed by atoms with van der Waals surface area (Å²) in [6.45, 7) is 4.44. The molecule has 2 rings (SSSR count). The highest BCUT2D eigenvalue weighted by atomic mass is 16.5. The van der Waals surface area contributed by atoms with E-state index in [0.717, 1.165) is 12.2 Å². The van der Waals surface area contributed by atoms with E-state index >= 15 is 0 Å². The van der Waals surface area contributed by atoms with E-state index in [1.165, 1.54) is 5.56 Å². The van der Waals surface area contributed by atoms with Crippen LogP contribution < -0.4 is 10.1 Å². The second kappa shape index (κ2) is 9.47. The maximum absolute atomic E-state index is 12.0. The molecule has 5 nitrogen and oxygen atoms in total. The minimum Gasteiger partial charge on any atom is -0.493 e. The van der Waals surface area contributed by atoms with Crippen LogP contribution in [0, 0.1) is 0 Å². The molecule has 0 unspecified atom stereocenters. The molecule has 2 aromatic rings. The molecule has 0 aromatic heterocycles. The Morgan fingerprint density at radius 2 is 1.80 bits per heavy atom. The first-order valence-corrected chi connectivity index (χ1v) is 8.41. The van der Waals surface area contributed by atoms with Crippen LogP contribution >= 0.6 is 0 Å². The van der Waals surface area contributed by atoms with Crippen LogP contribution in [-0.4, -0.2) is 25.1 Å². The smallest absolute Gasteiger partial charge is 0.338 e. The Morgan fingerprint density at radius 1 is 1.04 bits per heavy atom. The minimum absolute atomic E-state index is 0.175. The summed E-state index contributed by atoms with van der Waals surface area (Å²) in [5.41, 5.74) is 2.21. The van der Waals surface area contributed by atoms with Crippen LogP contribution in [0.3, 0.4) is 0 Å². The Bertz CT molecular complexity index is 710. The molecule has 0 aliphatic heterocycles. The third kappa shape index (κ3) is 5.95. The van der Waals surface area contributed by atoms with Crippen molar-refractivity contribution in [3.63, 3.8) is 0 Å². The van der Waals surface area contributed by atoms with Gasteiger partial charge in [0.05, 0.1) is 25.2 Å². The number of carbonyl (C=O) groups is 2. The molecule has 132 valence electrons. The van der Waals surface area contributed by atoms with Crippen LogP contribution in [0.2, 0.25) is 0 Å². The van der Waals surface area contributed by atoms with Gasteiger partial charge >= 0.3 is 5.97 Å². The minimum atomic E-state index is -0.405. The molecule has 2 aromatic carbocycles. The van der Waals surface area contributed by atoms with E-state index in [0.29, 0.717) is 17.9 Å². The van der Waals surface area contributed by atoms with Crippen molar-refractivity contribution in [3.8, 4) is 5.75 Å². The van der Waals surface area contributed by atoms with Crippen molar-refractivity contribution in [2.75, 3.05) is 18.5 Å². The normalized spacial score (nSPS) is 10.2. The number of hydrogen-bond donors (Lipinski definition) is 1. The van der Waals surface area contributed by atoms with Crippen LogP contribution in [0.15, 0.2) is 48.5 Å². The lowest BCUT2D eigenvalue weighted by Crippen LogP contribution is -2.15. The molecule has 0 saturated heterocycles. The maximum Gasteiger partial charge on any atom is 0.338 e. The fourth-order valence-electron chi connectivity index (χ4n) is 2.24. The van der Waals surface area contributed by atoms with Crippen LogP contribution in [0.25, 0.3) is 0 Å². The lowest BCUT2D eigenvalue weighted by Gasteiger charge is -2.09. The van der Waals surface area contributed by atoms with Gasteiger partial charge in [-0.05, 0) is 49.2 Å². The Balaban J connectivity index is 1.81. The second-order valence-corrected chi connectivity index (χ2v) is 5.45. The maximum atomic E-state index is 12.0. The second-order valence-electron chi connectivity index (χ2n) is 5.45. The van der Waals surface area contributed by atoms with Gasteiger partial charge in [-0.1, -0.05) is 25.1 Å². The van der Waals surface area contributed by atoms with Crippen LogP contribution in [0.5, 0.6) is 5.75 Å². The number of nitrogens with one attached hydrogen (secondary N) is 1. The number of ether oxygens (including phenoxy) is 2. The lowest BCUT2D eigenvalue weighted by molar-refractivity contribution is -0.116. The molecule has 1 amide bonds. The van der Waals surface area contributed by atoms with Crippen LogP contribution in [0.1, 0.15) is 36.2 Å². The average molecular weight is 341 g/mol. The van der Waals surface area contributed by atoms with Crippen LogP contribution in [0.4, 0.5) is 5.69 Å². The molecule has 25 heavy (non-hydrogen) atoms. The van der Waals surface area contributed by atoms with Crippen LogP contribution in [-0.2, 0) is 16.0 Å². The average Bonchev–Trinajstić information content (AvgIpc) is 2.62. The zero-order valence-corrected chi connectivity index (χ0v) is 14.6. The van der Waals surface area contributed by atoms with E-state index in [9.17, 15) is 9.59 Å². The summed E-state index contributed by atoms with van der Waals surface area (Å²) in [7, 11) is 0. The third-order valence-corrected chi connectivity index (χ3v) is 3.59. The predicted molar refractivity (Wildman–Crippen MR) is 97.0 cm³/mol. The zero-order valence-electron chi connectivity index (χ0n) is 14.6. The first-order chi connectivity index (χ1) is 12.1. The van der Waals surface area contributed by atoms with Crippen molar-refractivity contribution in [3.05, 3.63) is 59.7 Å². The highest BCUT2D eigenvalue weighted by Gasteiger charge is 2.08. The van der Waals surface area contributed by atoms with Gasteiger partial charge in [0, 0.05) is 5.69 Å². The fraction of sp³-hybridized carbons (Fsp3) is 0.300. The lowest BCUT2D eigenvalue weighted by atomic mass is 10.2. The van der Waals surface area contributed by atoms with Gasteiger partial charge in [-0.3, -0.25) is 4.79 Å². The zero-order chi connectivity index (χ0) is 18.1. The number of carbonyl (C=O) groups excluding carboxylic acids is 2. The Kier molecular flexibility index (Phi) is 7.01. The van der Waals surface area contributed by atoms with Crippen molar-refractivity contribution >= 4 is 17.6 Å². The summed E-state index contributed by atoms with van der Waals surface area (Å²) in [5.74, 6) is 0.165. The Morgan fingerprint density at radius 3 is 2.48 bits per heavy atom. The third-order valence-electron chi connectivity index (χ3n) is 3.59. The summed E-state index contributed by atoms with van der Waals surface area (Å²) < 4.78 is 10.5. The van der Waals surface area contributed by atoms with E-state index in [1.54, 1.807) is 31.2 Å². The van der Waals surface area contributed by atoms with Gasteiger partial charge in [0.1, 0.15) is 5.75 Å². The molecule has 5 heteroatoms. The van der Waals surface area contributed by atoms with Crippen molar-refractivity contribution in [2.45, 2.75) is 26.7 Å². The number of rotatable bonds is 8. The highest BCUT2D eigenvalue weighted by molar-refractivity contribution is 5.94. The first kappa shape index (κ1) is 18.5. The SMILES string of the molecule is CCOC(=O)c1cccc(NC(=O)CCOc2ccc(CC)cc2)c1. The monoisotopic (exact) mass is 341 g/mol. The number of anilines is 1. The largest absolute Gasteiger partial charge is 0.493 e. The molecule has 0 aliphatic carbocycles. The van der Waals surface area contributed by atoms with Gasteiger partial charge in [0.25, 0.3) is 0 Å². The van der Waals surface area contributed by atoms with Gasteiger partial charge in [-0.15, -0.1) is 0 Å². The standard InChI is InChI=1S/C20H23NO4/c1-3-15-8-10-18(11-9-15)25-13-12-19(22)21-17-7-5-6-16(14-17)20(23)24-4-2/h5-11,14H,3-4,12-13H2,1-2H3,(H,21,22). The number of aryl methyl sites for hydroxylation is 1. The summed E-state index contributed by atoms with van der Waals surface area (Å²) in [6.07, 6.45) is 1.20. The summed E-state index contributed by atoms with van der Waals surface area (Å²) in [6, 6.07) is 14.5. The summed E-state index contributed by atoms with van der Waals surface area (Å²) in [4.78, 5) is 23.7. The van der Waals surface area contributed by atoms with Gasteiger partial charge in [-0.25, -0.2) is 4.79 Å². The van der Waals surface area contributed by atoms with Gasteiger partial charge < -0.3 is 14.8 Å². The van der Waals surface area contributed by atoms with Crippen molar-refractivity contribution < 1.29 is 19.1 Å². The van der Waals surface area contributed by atoms with E-state index in [1.807, 2.05) is 24.3 Å². The van der Waals surface area contributed by atoms with Gasteiger partial charge in [-0.2, -0.15) is 0 Å². The topological polar surface area (TPSA) is 64.6 Å². The first-order valence-electron chi connectivity index (χ1n) is 8.41. The van der Waals surface area contributed by atoms with Gasteiger partial charge in [0.15, 0.2) is 0 Å². The number of esters is 1. The van der Waals surface area contributed by atoms with Crippen molar-refractivity contribution in [2.24, 2.45) is 0 Å². The molecule has 0 fully saturated rings. The number of hydrogen-bond acceptors (Lipinski definition) is 4. The molecule has 0 radical (unpaired) electrons. The molecule has 0 atom stereocenters. The molecule has 0 bridgehead atoms. The van der Waals surface area contributed by atoms with E-state index in [4.69, 9.17) is 9.47 Å². The molecule has 0 saturated carbocycles. The summed E-state index contributed by atoms with van der Waals surface area (Å²) >= 11 is 0. The van der Waals surface area contributed by atoms with Gasteiger partial charge in [0.2, 0.25) is 5.91 Å². The van der Waals surface area contributed by atoms with Crippen molar-refractivity contribution in [1.82, 2.24) is 0 Å². The highest BCUT2D eigenvalue weighted by Crippen LogP contribution is 2.14. The van der Waals surface area contributed by atoms with Crippen molar-refractivity contribution in [1.29, 1.82) is 0 Å². The Hall–Kier alpha value is -2.82.